The fourth-order valence-corrected chi connectivity index (χ4v) is 4.61. The molecule has 4 aromatic rings. The highest BCUT2D eigenvalue weighted by Crippen LogP contribution is 2.43. The molecule has 0 unspecified atom stereocenters. The van der Waals surface area contributed by atoms with Crippen LogP contribution in [0.15, 0.2) is 70.1 Å². The SMILES string of the molecule is CCOc1c(I)cc(C=Nc2oc(-c3ccc(OC)cc3)c(-c3ccc(OC)cc3)c2C#N)cc1OC. The van der Waals surface area contributed by atoms with Crippen LogP contribution in [0.1, 0.15) is 18.1 Å². The lowest BCUT2D eigenvalue weighted by Gasteiger charge is -2.11. The number of aliphatic imine (C=N–C) groups is 1. The van der Waals surface area contributed by atoms with Gasteiger partial charge in [0.25, 0.3) is 0 Å². The number of benzene rings is 3. The zero-order valence-corrected chi connectivity index (χ0v) is 23.0. The van der Waals surface area contributed by atoms with Gasteiger partial charge in [0.1, 0.15) is 28.9 Å². The summed E-state index contributed by atoms with van der Waals surface area (Å²) in [6.07, 6.45) is 1.65. The van der Waals surface area contributed by atoms with Gasteiger partial charge < -0.3 is 23.4 Å². The molecule has 0 aliphatic carbocycles. The topological polar surface area (TPSA) is 86.2 Å². The van der Waals surface area contributed by atoms with E-state index >= 15 is 0 Å². The first-order valence-electron chi connectivity index (χ1n) is 11.4. The smallest absolute Gasteiger partial charge is 0.238 e. The minimum absolute atomic E-state index is 0.210. The van der Waals surface area contributed by atoms with E-state index in [1.165, 1.54) is 0 Å². The molecule has 3 aromatic carbocycles. The summed E-state index contributed by atoms with van der Waals surface area (Å²) in [5, 5.41) is 10.2. The van der Waals surface area contributed by atoms with Crippen molar-refractivity contribution in [3.8, 4) is 51.5 Å². The van der Waals surface area contributed by atoms with E-state index in [-0.39, 0.29) is 5.88 Å². The molecule has 0 radical (unpaired) electrons. The summed E-state index contributed by atoms with van der Waals surface area (Å²) >= 11 is 2.20. The van der Waals surface area contributed by atoms with Crippen molar-refractivity contribution in [2.75, 3.05) is 27.9 Å². The lowest BCUT2D eigenvalue weighted by Crippen LogP contribution is -1.99. The van der Waals surface area contributed by atoms with Gasteiger partial charge in [-0.05, 0) is 89.2 Å². The number of hydrogen-bond donors (Lipinski definition) is 0. The average molecular weight is 608 g/mol. The predicted octanol–water partition coefficient (Wildman–Crippen LogP) is 7.26. The molecule has 1 aromatic heterocycles. The van der Waals surface area contributed by atoms with Gasteiger partial charge in [0.05, 0.1) is 31.5 Å². The molecule has 0 spiro atoms. The van der Waals surface area contributed by atoms with Crippen LogP contribution in [0.2, 0.25) is 0 Å². The van der Waals surface area contributed by atoms with Crippen LogP contribution >= 0.6 is 22.6 Å². The Hall–Kier alpha value is -3.97. The predicted molar refractivity (Wildman–Crippen MR) is 152 cm³/mol. The zero-order valence-electron chi connectivity index (χ0n) is 20.9. The molecule has 0 amide bonds. The number of furan rings is 1. The van der Waals surface area contributed by atoms with Crippen molar-refractivity contribution in [2.24, 2.45) is 4.99 Å². The Labute approximate surface area is 229 Å². The molecule has 0 saturated heterocycles. The summed E-state index contributed by atoms with van der Waals surface area (Å²) in [4.78, 5) is 4.58. The van der Waals surface area contributed by atoms with Crippen LogP contribution in [0.3, 0.4) is 0 Å². The Morgan fingerprint density at radius 2 is 1.54 bits per heavy atom. The minimum Gasteiger partial charge on any atom is -0.497 e. The van der Waals surface area contributed by atoms with Gasteiger partial charge in [-0.3, -0.25) is 0 Å². The van der Waals surface area contributed by atoms with Crippen LogP contribution in [-0.2, 0) is 0 Å². The van der Waals surface area contributed by atoms with E-state index < -0.39 is 0 Å². The van der Waals surface area contributed by atoms with Gasteiger partial charge in [-0.1, -0.05) is 12.1 Å². The van der Waals surface area contributed by atoms with Crippen LogP contribution in [-0.4, -0.2) is 34.2 Å². The Bertz CT molecular complexity index is 1450. The Kier molecular flexibility index (Phi) is 8.36. The normalized spacial score (nSPS) is 10.8. The van der Waals surface area contributed by atoms with Crippen molar-refractivity contribution in [3.05, 3.63) is 75.4 Å². The summed E-state index contributed by atoms with van der Waals surface area (Å²) in [6.45, 7) is 2.45. The second kappa shape index (κ2) is 11.8. The first-order valence-corrected chi connectivity index (χ1v) is 12.5. The largest absolute Gasteiger partial charge is 0.497 e. The van der Waals surface area contributed by atoms with Crippen LogP contribution in [0.25, 0.3) is 22.5 Å². The molecule has 0 aliphatic heterocycles. The Morgan fingerprint density at radius 3 is 2.08 bits per heavy atom. The summed E-state index contributed by atoms with van der Waals surface area (Å²) in [6, 6.07) is 21.0. The summed E-state index contributed by atoms with van der Waals surface area (Å²) in [5.74, 6) is 3.47. The fourth-order valence-electron chi connectivity index (χ4n) is 3.82. The number of nitrogens with zero attached hydrogens (tertiary/aromatic N) is 2. The average Bonchev–Trinajstić information content (AvgIpc) is 3.31. The minimum atomic E-state index is 0.210. The van der Waals surface area contributed by atoms with Gasteiger partial charge in [0, 0.05) is 17.3 Å². The first kappa shape index (κ1) is 26.1. The number of ether oxygens (including phenoxy) is 4. The van der Waals surface area contributed by atoms with Gasteiger partial charge in [-0.2, -0.15) is 5.26 Å². The standard InChI is InChI=1S/C29H25IN2O5/c1-5-36-28-24(30)14-18(15-25(28)35-4)17-32-29-23(16-31)26(19-6-10-21(33-2)11-7-19)27(37-29)20-8-12-22(34-3)13-9-20/h6-15,17H,5H2,1-4H3. The maximum atomic E-state index is 10.2. The molecule has 1 heterocycles. The van der Waals surface area contributed by atoms with E-state index in [0.29, 0.717) is 40.7 Å². The molecule has 0 aliphatic rings. The first-order chi connectivity index (χ1) is 18.0. The molecule has 0 atom stereocenters. The molecule has 37 heavy (non-hydrogen) atoms. The van der Waals surface area contributed by atoms with E-state index in [1.54, 1.807) is 27.5 Å². The van der Waals surface area contributed by atoms with Crippen molar-refractivity contribution < 1.29 is 23.4 Å². The quantitative estimate of drug-likeness (QED) is 0.147. The van der Waals surface area contributed by atoms with Crippen LogP contribution in [0.4, 0.5) is 5.88 Å². The molecule has 188 valence electrons. The van der Waals surface area contributed by atoms with Gasteiger partial charge >= 0.3 is 0 Å². The molecule has 0 saturated carbocycles. The highest BCUT2D eigenvalue weighted by Gasteiger charge is 2.23. The van der Waals surface area contributed by atoms with E-state index in [2.05, 4.69) is 33.7 Å². The van der Waals surface area contributed by atoms with Crippen molar-refractivity contribution in [3.63, 3.8) is 0 Å². The fraction of sp³-hybridized carbons (Fsp3) is 0.172. The Morgan fingerprint density at radius 1 is 0.919 bits per heavy atom. The monoisotopic (exact) mass is 608 g/mol. The summed E-state index contributed by atoms with van der Waals surface area (Å²) in [5.41, 5.74) is 3.37. The molecule has 7 nitrogen and oxygen atoms in total. The number of rotatable bonds is 9. The number of hydrogen-bond acceptors (Lipinski definition) is 7. The third-order valence-corrected chi connectivity index (χ3v) is 6.40. The lowest BCUT2D eigenvalue weighted by molar-refractivity contribution is 0.308. The Balaban J connectivity index is 1.84. The molecule has 0 N–H and O–H groups in total. The highest BCUT2D eigenvalue weighted by atomic mass is 127. The number of halogens is 1. The summed E-state index contributed by atoms with van der Waals surface area (Å²) < 4.78 is 28.9. The van der Waals surface area contributed by atoms with Crippen molar-refractivity contribution >= 4 is 34.7 Å². The summed E-state index contributed by atoms with van der Waals surface area (Å²) in [7, 11) is 4.82. The second-order valence-corrected chi connectivity index (χ2v) is 8.94. The van der Waals surface area contributed by atoms with Crippen molar-refractivity contribution in [1.82, 2.24) is 0 Å². The van der Waals surface area contributed by atoms with E-state index in [0.717, 1.165) is 26.0 Å². The third-order valence-electron chi connectivity index (χ3n) is 5.60. The molecule has 8 heteroatoms. The van der Waals surface area contributed by atoms with Gasteiger partial charge in [0.2, 0.25) is 5.88 Å². The molecular formula is C29H25IN2O5. The number of nitriles is 1. The molecule has 4 rings (SSSR count). The van der Waals surface area contributed by atoms with E-state index in [4.69, 9.17) is 23.4 Å². The lowest BCUT2D eigenvalue weighted by atomic mass is 9.98. The molecule has 0 bridgehead atoms. The van der Waals surface area contributed by atoms with Gasteiger partial charge in [-0.25, -0.2) is 4.99 Å². The molecule has 0 fully saturated rings. The highest BCUT2D eigenvalue weighted by molar-refractivity contribution is 14.1. The number of methoxy groups -OCH3 is 3. The third kappa shape index (κ3) is 5.57. The molecular weight excluding hydrogens is 583 g/mol. The van der Waals surface area contributed by atoms with Crippen LogP contribution in [0, 0.1) is 14.9 Å². The van der Waals surface area contributed by atoms with Gasteiger partial charge in [0.15, 0.2) is 11.5 Å². The van der Waals surface area contributed by atoms with E-state index in [9.17, 15) is 5.26 Å². The van der Waals surface area contributed by atoms with Crippen molar-refractivity contribution in [2.45, 2.75) is 6.92 Å². The maximum Gasteiger partial charge on any atom is 0.238 e. The van der Waals surface area contributed by atoms with Crippen LogP contribution in [0.5, 0.6) is 23.0 Å². The zero-order chi connectivity index (χ0) is 26.4. The maximum absolute atomic E-state index is 10.2. The second-order valence-electron chi connectivity index (χ2n) is 7.78. The van der Waals surface area contributed by atoms with E-state index in [1.807, 2.05) is 67.6 Å². The van der Waals surface area contributed by atoms with Crippen LogP contribution < -0.4 is 18.9 Å². The van der Waals surface area contributed by atoms with Gasteiger partial charge in [-0.15, -0.1) is 0 Å². The van der Waals surface area contributed by atoms with Crippen molar-refractivity contribution in [1.29, 1.82) is 5.26 Å².